The summed E-state index contributed by atoms with van der Waals surface area (Å²) >= 11 is 0. The highest BCUT2D eigenvalue weighted by molar-refractivity contribution is 5.97. The van der Waals surface area contributed by atoms with Crippen LogP contribution in [0.2, 0.25) is 0 Å². The largest absolute Gasteiger partial charge is 0.497 e. The lowest BCUT2D eigenvalue weighted by atomic mass is 10.1. The van der Waals surface area contributed by atoms with Crippen molar-refractivity contribution in [3.05, 3.63) is 36.4 Å². The molecule has 0 bridgehead atoms. The zero-order valence-corrected chi connectivity index (χ0v) is 10.2. The molecule has 1 aliphatic rings. The topological polar surface area (TPSA) is 53.3 Å². The van der Waals surface area contributed by atoms with E-state index in [1.807, 2.05) is 0 Å². The minimum Gasteiger partial charge on any atom is -0.497 e. The van der Waals surface area contributed by atoms with Crippen LogP contribution in [0.15, 0.2) is 30.9 Å². The average molecular weight is 242 g/mol. The van der Waals surface area contributed by atoms with Gasteiger partial charge in [-0.05, 0) is 18.2 Å². The van der Waals surface area contributed by atoms with Gasteiger partial charge in [0, 0.05) is 18.9 Å². The van der Waals surface area contributed by atoms with Crippen molar-refractivity contribution in [3.8, 4) is 11.8 Å². The van der Waals surface area contributed by atoms with Crippen molar-refractivity contribution in [2.24, 2.45) is 5.92 Å². The molecule has 2 rings (SSSR count). The number of ether oxygens (including phenoxy) is 1. The minimum atomic E-state index is 0.0292. The summed E-state index contributed by atoms with van der Waals surface area (Å²) in [5, 5.41) is 9.14. The molecule has 1 aromatic carbocycles. The first-order valence-corrected chi connectivity index (χ1v) is 5.70. The summed E-state index contributed by atoms with van der Waals surface area (Å²) in [6, 6.07) is 7.25. The van der Waals surface area contributed by atoms with Gasteiger partial charge in [-0.15, -0.1) is 6.58 Å². The number of nitriles is 1. The van der Waals surface area contributed by atoms with Gasteiger partial charge < -0.3 is 9.64 Å². The van der Waals surface area contributed by atoms with Crippen molar-refractivity contribution in [2.75, 3.05) is 18.6 Å². The van der Waals surface area contributed by atoms with Crippen LogP contribution < -0.4 is 9.64 Å². The standard InChI is InChI=1S/C14H14N2O2/c1-3-10-6-14(17)16(9-10)13-5-4-12(18-2)7-11(13)8-15/h3-5,7,10H,1,6,9H2,2H3. The molecule has 0 N–H and O–H groups in total. The highest BCUT2D eigenvalue weighted by Gasteiger charge is 2.30. The Hall–Kier alpha value is -2.28. The van der Waals surface area contributed by atoms with Crippen molar-refractivity contribution in [1.29, 1.82) is 5.26 Å². The molecule has 1 amide bonds. The molecule has 1 fully saturated rings. The van der Waals surface area contributed by atoms with Crippen LogP contribution in [-0.2, 0) is 4.79 Å². The van der Waals surface area contributed by atoms with E-state index in [1.54, 1.807) is 36.3 Å². The van der Waals surface area contributed by atoms with E-state index in [0.717, 1.165) is 0 Å². The number of methoxy groups -OCH3 is 1. The molecular weight excluding hydrogens is 228 g/mol. The van der Waals surface area contributed by atoms with Crippen LogP contribution in [0.3, 0.4) is 0 Å². The van der Waals surface area contributed by atoms with Crippen LogP contribution in [0.25, 0.3) is 0 Å². The number of rotatable bonds is 3. The lowest BCUT2D eigenvalue weighted by molar-refractivity contribution is -0.117. The Balaban J connectivity index is 2.37. The van der Waals surface area contributed by atoms with Crippen LogP contribution in [0, 0.1) is 17.2 Å². The van der Waals surface area contributed by atoms with E-state index < -0.39 is 0 Å². The van der Waals surface area contributed by atoms with Gasteiger partial charge in [-0.3, -0.25) is 4.79 Å². The molecule has 18 heavy (non-hydrogen) atoms. The molecule has 1 unspecified atom stereocenters. The van der Waals surface area contributed by atoms with Gasteiger partial charge in [0.25, 0.3) is 0 Å². The Morgan fingerprint density at radius 3 is 2.94 bits per heavy atom. The Kier molecular flexibility index (Phi) is 3.33. The molecule has 1 atom stereocenters. The van der Waals surface area contributed by atoms with Gasteiger partial charge in [0.2, 0.25) is 5.91 Å². The Bertz CT molecular complexity index is 531. The number of benzene rings is 1. The highest BCUT2D eigenvalue weighted by atomic mass is 16.5. The van der Waals surface area contributed by atoms with E-state index in [4.69, 9.17) is 10.00 Å². The summed E-state index contributed by atoms with van der Waals surface area (Å²) < 4.78 is 5.07. The maximum absolute atomic E-state index is 11.9. The third-order valence-electron chi connectivity index (χ3n) is 3.10. The third-order valence-corrected chi connectivity index (χ3v) is 3.10. The molecule has 0 aromatic heterocycles. The zero-order valence-electron chi connectivity index (χ0n) is 10.2. The van der Waals surface area contributed by atoms with Crippen LogP contribution in [0.1, 0.15) is 12.0 Å². The number of hydrogen-bond acceptors (Lipinski definition) is 3. The molecule has 1 saturated heterocycles. The summed E-state index contributed by atoms with van der Waals surface area (Å²) in [6.07, 6.45) is 2.24. The number of nitrogens with zero attached hydrogens (tertiary/aromatic N) is 2. The van der Waals surface area contributed by atoms with Crippen molar-refractivity contribution in [3.63, 3.8) is 0 Å². The van der Waals surface area contributed by atoms with Gasteiger partial charge in [-0.25, -0.2) is 0 Å². The molecule has 1 aliphatic heterocycles. The van der Waals surface area contributed by atoms with Gasteiger partial charge in [-0.2, -0.15) is 5.26 Å². The van der Waals surface area contributed by atoms with E-state index in [2.05, 4.69) is 12.6 Å². The highest BCUT2D eigenvalue weighted by Crippen LogP contribution is 2.30. The van der Waals surface area contributed by atoms with Crippen molar-refractivity contribution in [1.82, 2.24) is 0 Å². The summed E-state index contributed by atoms with van der Waals surface area (Å²) in [5.41, 5.74) is 1.10. The van der Waals surface area contributed by atoms with E-state index >= 15 is 0 Å². The van der Waals surface area contributed by atoms with Crippen LogP contribution in [-0.4, -0.2) is 19.6 Å². The Labute approximate surface area is 106 Å². The van der Waals surface area contributed by atoms with Gasteiger partial charge >= 0.3 is 0 Å². The first-order chi connectivity index (χ1) is 8.69. The number of carbonyl (C=O) groups is 1. The van der Waals surface area contributed by atoms with Gasteiger partial charge in [-0.1, -0.05) is 6.08 Å². The summed E-state index contributed by atoms with van der Waals surface area (Å²) in [5.74, 6) is 0.801. The van der Waals surface area contributed by atoms with Gasteiger partial charge in [0.15, 0.2) is 0 Å². The maximum Gasteiger partial charge on any atom is 0.227 e. The molecule has 92 valence electrons. The van der Waals surface area contributed by atoms with Crippen LogP contribution in [0.5, 0.6) is 5.75 Å². The molecule has 4 nitrogen and oxygen atoms in total. The fourth-order valence-electron chi connectivity index (χ4n) is 2.09. The van der Waals surface area contributed by atoms with Crippen molar-refractivity contribution >= 4 is 11.6 Å². The molecule has 0 radical (unpaired) electrons. The fourth-order valence-corrected chi connectivity index (χ4v) is 2.09. The van der Waals surface area contributed by atoms with E-state index in [0.29, 0.717) is 30.0 Å². The quantitative estimate of drug-likeness (QED) is 0.763. The second-order valence-electron chi connectivity index (χ2n) is 4.20. The SMILES string of the molecule is C=CC1CC(=O)N(c2ccc(OC)cc2C#N)C1. The smallest absolute Gasteiger partial charge is 0.227 e. The monoisotopic (exact) mass is 242 g/mol. The number of hydrogen-bond donors (Lipinski definition) is 0. The van der Waals surface area contributed by atoms with E-state index in [1.165, 1.54) is 0 Å². The molecular formula is C14H14N2O2. The number of amides is 1. The third kappa shape index (κ3) is 2.07. The van der Waals surface area contributed by atoms with E-state index in [9.17, 15) is 4.79 Å². The zero-order chi connectivity index (χ0) is 13.1. The molecule has 1 heterocycles. The molecule has 0 aliphatic carbocycles. The number of carbonyl (C=O) groups excluding carboxylic acids is 1. The van der Waals surface area contributed by atoms with Crippen LogP contribution >= 0.6 is 0 Å². The molecule has 0 saturated carbocycles. The van der Waals surface area contributed by atoms with Gasteiger partial charge in [0.1, 0.15) is 11.8 Å². The van der Waals surface area contributed by atoms with Crippen molar-refractivity contribution < 1.29 is 9.53 Å². The average Bonchev–Trinajstić information content (AvgIpc) is 2.79. The van der Waals surface area contributed by atoms with Crippen molar-refractivity contribution in [2.45, 2.75) is 6.42 Å². The Morgan fingerprint density at radius 2 is 2.39 bits per heavy atom. The predicted molar refractivity (Wildman–Crippen MR) is 68.4 cm³/mol. The summed E-state index contributed by atoms with van der Waals surface area (Å²) in [4.78, 5) is 13.5. The second kappa shape index (κ2) is 4.92. The molecule has 1 aromatic rings. The lowest BCUT2D eigenvalue weighted by Crippen LogP contribution is -2.25. The lowest BCUT2D eigenvalue weighted by Gasteiger charge is -2.18. The molecule has 4 heteroatoms. The fraction of sp³-hybridized carbons (Fsp3) is 0.286. The maximum atomic E-state index is 11.9. The summed E-state index contributed by atoms with van der Waals surface area (Å²) in [6.45, 7) is 4.30. The Morgan fingerprint density at radius 1 is 1.61 bits per heavy atom. The minimum absolute atomic E-state index is 0.0292. The predicted octanol–water partition coefficient (Wildman–Crippen LogP) is 2.11. The van der Waals surface area contributed by atoms with Gasteiger partial charge in [0.05, 0.1) is 18.4 Å². The summed E-state index contributed by atoms with van der Waals surface area (Å²) in [7, 11) is 1.55. The van der Waals surface area contributed by atoms with Crippen LogP contribution in [0.4, 0.5) is 5.69 Å². The first-order valence-electron chi connectivity index (χ1n) is 5.70. The molecule has 0 spiro atoms. The first kappa shape index (κ1) is 12.2. The normalized spacial score (nSPS) is 18.6. The second-order valence-corrected chi connectivity index (χ2v) is 4.20. The number of anilines is 1. The van der Waals surface area contributed by atoms with E-state index in [-0.39, 0.29) is 11.8 Å².